The number of hydrogen-bond donors (Lipinski definition) is 2. The van der Waals surface area contributed by atoms with Crippen molar-refractivity contribution in [3.8, 4) is 0 Å². The van der Waals surface area contributed by atoms with Crippen molar-refractivity contribution in [1.29, 1.82) is 0 Å². The molecule has 1 fully saturated rings. The van der Waals surface area contributed by atoms with Crippen LogP contribution in [0.5, 0.6) is 0 Å². The van der Waals surface area contributed by atoms with Gasteiger partial charge >= 0.3 is 6.18 Å². The zero-order valence-corrected chi connectivity index (χ0v) is 15.6. The van der Waals surface area contributed by atoms with Crippen LogP contribution in [0.4, 0.5) is 23.2 Å². The van der Waals surface area contributed by atoms with E-state index < -0.39 is 28.9 Å². The molecule has 1 amide bonds. The second-order valence-electron chi connectivity index (χ2n) is 7.11. The molecular weight excluding hydrogens is 396 g/mol. The van der Waals surface area contributed by atoms with E-state index in [9.17, 15) is 22.4 Å². The average Bonchev–Trinajstić information content (AvgIpc) is 3.46. The molecular formula is C20H19ClF4N2O. The van der Waals surface area contributed by atoms with E-state index in [-0.39, 0.29) is 18.1 Å². The summed E-state index contributed by atoms with van der Waals surface area (Å²) in [5.74, 6) is -0.920. The van der Waals surface area contributed by atoms with Crippen molar-refractivity contribution in [2.24, 2.45) is 0 Å². The van der Waals surface area contributed by atoms with Crippen LogP contribution in [-0.4, -0.2) is 12.5 Å². The van der Waals surface area contributed by atoms with Gasteiger partial charge in [-0.2, -0.15) is 13.2 Å². The first-order valence-corrected chi connectivity index (χ1v) is 8.81. The summed E-state index contributed by atoms with van der Waals surface area (Å²) in [5.41, 5.74) is 0.0274. The van der Waals surface area contributed by atoms with Crippen LogP contribution in [0.15, 0.2) is 36.4 Å². The number of carbonyl (C=O) groups excluding carboxylic acids is 1. The maximum absolute atomic E-state index is 14.8. The number of hydrogen-bond acceptors (Lipinski definition) is 2. The van der Waals surface area contributed by atoms with E-state index in [1.165, 1.54) is 18.2 Å². The number of halogens is 5. The van der Waals surface area contributed by atoms with Gasteiger partial charge in [0.05, 0.1) is 16.7 Å². The second kappa shape index (κ2) is 7.37. The Morgan fingerprint density at radius 2 is 1.89 bits per heavy atom. The summed E-state index contributed by atoms with van der Waals surface area (Å²) in [6.07, 6.45) is -3.06. The normalized spacial score (nSPS) is 17.3. The van der Waals surface area contributed by atoms with Crippen LogP contribution in [-0.2, 0) is 29.4 Å². The summed E-state index contributed by atoms with van der Waals surface area (Å²) in [5, 5.41) is 5.76. The van der Waals surface area contributed by atoms with Crippen LogP contribution in [0.2, 0.25) is 0 Å². The highest BCUT2D eigenvalue weighted by molar-refractivity contribution is 6.01. The Morgan fingerprint density at radius 3 is 2.57 bits per heavy atom. The highest BCUT2D eigenvalue weighted by atomic mass is 35.5. The van der Waals surface area contributed by atoms with Crippen molar-refractivity contribution < 1.29 is 22.4 Å². The van der Waals surface area contributed by atoms with Gasteiger partial charge in [-0.25, -0.2) is 4.39 Å². The number of alkyl halides is 3. The minimum atomic E-state index is -4.47. The van der Waals surface area contributed by atoms with Gasteiger partial charge in [-0.1, -0.05) is 24.3 Å². The predicted molar refractivity (Wildman–Crippen MR) is 100 cm³/mol. The molecule has 3 nitrogen and oxygen atoms in total. The number of amides is 1. The van der Waals surface area contributed by atoms with Crippen LogP contribution in [0, 0.1) is 5.82 Å². The zero-order valence-electron chi connectivity index (χ0n) is 14.8. The Balaban J connectivity index is 0.00000225. The third kappa shape index (κ3) is 3.61. The van der Waals surface area contributed by atoms with Crippen LogP contribution in [0.1, 0.15) is 35.1 Å². The molecule has 0 spiro atoms. The van der Waals surface area contributed by atoms with E-state index in [1.54, 1.807) is 6.07 Å². The smallest absolute Gasteiger partial charge is 0.323 e. The van der Waals surface area contributed by atoms with Crippen molar-refractivity contribution in [2.45, 2.75) is 37.4 Å². The summed E-state index contributed by atoms with van der Waals surface area (Å²) in [6.45, 7) is 1.24. The fourth-order valence-corrected chi connectivity index (χ4v) is 3.64. The van der Waals surface area contributed by atoms with Gasteiger partial charge in [-0.3, -0.25) is 4.79 Å². The van der Waals surface area contributed by atoms with Gasteiger partial charge in [-0.15, -0.1) is 12.4 Å². The summed E-state index contributed by atoms with van der Waals surface area (Å²) in [7, 11) is 0. The first-order chi connectivity index (χ1) is 12.8. The molecule has 28 heavy (non-hydrogen) atoms. The lowest BCUT2D eigenvalue weighted by molar-refractivity contribution is -0.137. The number of nitrogens with one attached hydrogen (secondary N) is 2. The summed E-state index contributed by atoms with van der Waals surface area (Å²) < 4.78 is 53.7. The molecule has 0 aromatic heterocycles. The molecule has 0 saturated heterocycles. The molecule has 0 atom stereocenters. The molecule has 1 heterocycles. The third-order valence-electron chi connectivity index (χ3n) is 5.38. The number of fused-ring (bicyclic) bond motifs is 1. The van der Waals surface area contributed by atoms with Gasteiger partial charge in [0, 0.05) is 6.54 Å². The predicted octanol–water partition coefficient (Wildman–Crippen LogP) is 4.58. The fourth-order valence-electron chi connectivity index (χ4n) is 3.64. The molecule has 2 aromatic carbocycles. The van der Waals surface area contributed by atoms with Gasteiger partial charge in [0.25, 0.3) is 0 Å². The average molecular weight is 415 g/mol. The second-order valence-corrected chi connectivity index (χ2v) is 7.11. The molecule has 0 unspecified atom stereocenters. The van der Waals surface area contributed by atoms with Crippen LogP contribution in [0.25, 0.3) is 0 Å². The van der Waals surface area contributed by atoms with Crippen LogP contribution >= 0.6 is 12.4 Å². The summed E-state index contributed by atoms with van der Waals surface area (Å²) in [4.78, 5) is 12.8. The van der Waals surface area contributed by atoms with E-state index in [0.717, 1.165) is 17.7 Å². The van der Waals surface area contributed by atoms with Gasteiger partial charge in [0.2, 0.25) is 5.91 Å². The van der Waals surface area contributed by atoms with Crippen molar-refractivity contribution in [3.63, 3.8) is 0 Å². The standard InChI is InChI=1S/C20H18F4N2O.ClH/c21-17-15-6-9-25-11-12(15)4-5-16(17)26-18(27)19(7-8-19)13-2-1-3-14(10-13)20(22,23)24;/h1-5,10,25H,6-9,11H2,(H,26,27);1H. The monoisotopic (exact) mass is 414 g/mol. The van der Waals surface area contributed by atoms with E-state index >= 15 is 0 Å². The topological polar surface area (TPSA) is 41.1 Å². The molecule has 0 bridgehead atoms. The van der Waals surface area contributed by atoms with Crippen molar-refractivity contribution in [2.75, 3.05) is 11.9 Å². The summed E-state index contributed by atoms with van der Waals surface area (Å²) >= 11 is 0. The van der Waals surface area contributed by atoms with E-state index in [2.05, 4.69) is 10.6 Å². The van der Waals surface area contributed by atoms with Crippen molar-refractivity contribution in [1.82, 2.24) is 5.32 Å². The summed E-state index contributed by atoms with van der Waals surface area (Å²) in [6, 6.07) is 8.11. The molecule has 4 rings (SSSR count). The maximum Gasteiger partial charge on any atom is 0.416 e. The zero-order chi connectivity index (χ0) is 19.2. The van der Waals surface area contributed by atoms with Gasteiger partial charge < -0.3 is 10.6 Å². The molecule has 2 N–H and O–H groups in total. The maximum atomic E-state index is 14.8. The quantitative estimate of drug-likeness (QED) is 0.722. The molecule has 0 radical (unpaired) electrons. The van der Waals surface area contributed by atoms with Gasteiger partial charge in [-0.05, 0) is 54.6 Å². The third-order valence-corrected chi connectivity index (χ3v) is 5.38. The van der Waals surface area contributed by atoms with Gasteiger partial charge in [0.15, 0.2) is 0 Å². The molecule has 2 aliphatic rings. The largest absolute Gasteiger partial charge is 0.416 e. The Kier molecular flexibility index (Phi) is 5.42. The Labute approximate surface area is 165 Å². The first kappa shape index (κ1) is 20.6. The number of carbonyl (C=O) groups is 1. The van der Waals surface area contributed by atoms with E-state index in [1.807, 2.05) is 0 Å². The number of benzene rings is 2. The molecule has 150 valence electrons. The fraction of sp³-hybridized carbons (Fsp3) is 0.350. The number of anilines is 1. The lowest BCUT2D eigenvalue weighted by atomic mass is 9.93. The highest BCUT2D eigenvalue weighted by Gasteiger charge is 2.52. The van der Waals surface area contributed by atoms with Crippen molar-refractivity contribution >= 4 is 24.0 Å². The minimum absolute atomic E-state index is 0. The van der Waals surface area contributed by atoms with Crippen molar-refractivity contribution in [3.05, 3.63) is 64.5 Å². The molecule has 2 aromatic rings. The van der Waals surface area contributed by atoms with Crippen LogP contribution in [0.3, 0.4) is 0 Å². The van der Waals surface area contributed by atoms with E-state index in [4.69, 9.17) is 0 Å². The lowest BCUT2D eigenvalue weighted by Gasteiger charge is -2.21. The van der Waals surface area contributed by atoms with Crippen LogP contribution < -0.4 is 10.6 Å². The molecule has 1 aliphatic heterocycles. The molecule has 1 saturated carbocycles. The first-order valence-electron chi connectivity index (χ1n) is 8.81. The number of rotatable bonds is 3. The minimum Gasteiger partial charge on any atom is -0.323 e. The lowest BCUT2D eigenvalue weighted by Crippen LogP contribution is -2.29. The SMILES string of the molecule is Cl.O=C(Nc1ccc2c(c1F)CCNC2)C1(c2cccc(C(F)(F)F)c2)CC1. The Bertz CT molecular complexity index is 910. The molecule has 8 heteroatoms. The Hall–Kier alpha value is -2.12. The molecule has 1 aliphatic carbocycles. The highest BCUT2D eigenvalue weighted by Crippen LogP contribution is 2.50. The Morgan fingerprint density at radius 1 is 1.14 bits per heavy atom. The van der Waals surface area contributed by atoms with E-state index in [0.29, 0.717) is 43.5 Å². The van der Waals surface area contributed by atoms with Gasteiger partial charge in [0.1, 0.15) is 5.82 Å².